The van der Waals surface area contributed by atoms with E-state index >= 15 is 0 Å². The maximum Gasteiger partial charge on any atom is 0.238 e. The Labute approximate surface area is 309 Å². The summed E-state index contributed by atoms with van der Waals surface area (Å²) < 4.78 is 4.75. The van der Waals surface area contributed by atoms with Gasteiger partial charge in [0.1, 0.15) is 0 Å². The molecule has 0 fully saturated rings. The van der Waals surface area contributed by atoms with E-state index in [1.54, 1.807) is 0 Å². The van der Waals surface area contributed by atoms with Gasteiger partial charge in [0.25, 0.3) is 0 Å². The van der Waals surface area contributed by atoms with Crippen molar-refractivity contribution in [2.24, 2.45) is 0 Å². The average molecular weight is 688 g/mol. The molecular weight excluding hydrogens is 659 g/mol. The molecule has 0 N–H and O–H groups in total. The van der Waals surface area contributed by atoms with E-state index < -0.39 is 0 Å². The van der Waals surface area contributed by atoms with Gasteiger partial charge in [0.2, 0.25) is 5.95 Å². The minimum Gasteiger partial charge on any atom is -0.308 e. The maximum absolute atomic E-state index is 5.38. The van der Waals surface area contributed by atoms with Crippen LogP contribution in [0.2, 0.25) is 0 Å². The molecule has 8 aromatic carbocycles. The monoisotopic (exact) mass is 687 g/mol. The highest BCUT2D eigenvalue weighted by Crippen LogP contribution is 2.45. The number of rotatable bonds is 4. The summed E-state index contributed by atoms with van der Waals surface area (Å²) in [4.78, 5) is 15.8. The number of nitrogens with zero attached hydrogens (tertiary/aromatic N) is 5. The lowest BCUT2D eigenvalue weighted by Gasteiger charge is -2.16. The van der Waals surface area contributed by atoms with Crippen molar-refractivity contribution in [3.8, 4) is 39.9 Å². The van der Waals surface area contributed by atoms with Crippen molar-refractivity contribution in [2.75, 3.05) is 0 Å². The minimum atomic E-state index is 0.582. The van der Waals surface area contributed by atoms with E-state index in [4.69, 9.17) is 15.0 Å². The lowest BCUT2D eigenvalue weighted by molar-refractivity contribution is 0.955. The Kier molecular flexibility index (Phi) is 5.99. The van der Waals surface area contributed by atoms with Gasteiger partial charge in [0.15, 0.2) is 11.6 Å². The van der Waals surface area contributed by atoms with Gasteiger partial charge in [0.05, 0.1) is 27.6 Å². The zero-order valence-electron chi connectivity index (χ0n) is 29.0. The molecule has 0 aliphatic rings. The summed E-state index contributed by atoms with van der Waals surface area (Å²) in [6, 6.07) is 62.3. The maximum atomic E-state index is 5.38. The predicted octanol–water partition coefficient (Wildman–Crippen LogP) is 12.3. The topological polar surface area (TPSA) is 48.0 Å². The summed E-state index contributed by atoms with van der Waals surface area (Å²) in [6.45, 7) is 0. The zero-order chi connectivity index (χ0) is 35.3. The fraction of sp³-hybridized carbons (Fsp3) is 0. The molecule has 4 aromatic heterocycles. The van der Waals surface area contributed by atoms with Crippen molar-refractivity contribution in [1.82, 2.24) is 23.9 Å². The molecule has 250 valence electrons. The molecule has 0 unspecified atom stereocenters. The smallest absolute Gasteiger partial charge is 0.238 e. The number of pyridine rings is 1. The number of benzene rings is 8. The molecule has 4 heterocycles. The first kappa shape index (κ1) is 29.2. The molecule has 0 amide bonds. The van der Waals surface area contributed by atoms with Crippen molar-refractivity contribution in [1.29, 1.82) is 0 Å². The van der Waals surface area contributed by atoms with E-state index in [1.807, 2.05) is 24.3 Å². The Morgan fingerprint density at radius 2 is 0.889 bits per heavy atom. The molecule has 12 aromatic rings. The molecule has 0 atom stereocenters. The van der Waals surface area contributed by atoms with Gasteiger partial charge in [-0.1, -0.05) is 158 Å². The van der Waals surface area contributed by atoms with Crippen LogP contribution < -0.4 is 0 Å². The first-order chi connectivity index (χ1) is 26.8. The van der Waals surface area contributed by atoms with Crippen LogP contribution in [0.25, 0.3) is 111 Å². The van der Waals surface area contributed by atoms with E-state index in [0.29, 0.717) is 17.6 Å². The average Bonchev–Trinajstić information content (AvgIpc) is 3.77. The molecule has 5 heteroatoms. The Morgan fingerprint density at radius 1 is 0.333 bits per heavy atom. The predicted molar refractivity (Wildman–Crippen MR) is 223 cm³/mol. The molecule has 5 nitrogen and oxygen atoms in total. The van der Waals surface area contributed by atoms with Crippen molar-refractivity contribution in [2.45, 2.75) is 0 Å². The van der Waals surface area contributed by atoms with Gasteiger partial charge >= 0.3 is 0 Å². The third-order valence-corrected chi connectivity index (χ3v) is 11.1. The Bertz CT molecular complexity index is 3430. The lowest BCUT2D eigenvalue weighted by Crippen LogP contribution is -2.07. The van der Waals surface area contributed by atoms with E-state index in [9.17, 15) is 0 Å². The van der Waals surface area contributed by atoms with E-state index in [-0.39, 0.29) is 0 Å². The van der Waals surface area contributed by atoms with Crippen LogP contribution in [0.3, 0.4) is 0 Å². The molecule has 0 aliphatic heterocycles. The van der Waals surface area contributed by atoms with Crippen molar-refractivity contribution in [3.63, 3.8) is 0 Å². The standard InChI is InChI=1S/C49H29N5/c1-3-15-30(16-4-1)32-19-7-8-22-38(32)48-50-47(31-17-5-2-6-18-31)51-49(52-48)54-42-28-12-10-21-34(42)40-29-43-44-35(23-13-26-39(44)46(40)54)37-25-14-24-36-33-20-9-11-27-41(33)53(43)45(36)37/h1-29H. The molecule has 0 bridgehead atoms. The van der Waals surface area contributed by atoms with Gasteiger partial charge in [-0.05, 0) is 34.7 Å². The third-order valence-electron chi connectivity index (χ3n) is 11.1. The van der Waals surface area contributed by atoms with Gasteiger partial charge in [-0.2, -0.15) is 9.97 Å². The normalized spacial score (nSPS) is 12.1. The summed E-state index contributed by atoms with van der Waals surface area (Å²) in [5, 5.41) is 9.70. The number of hydrogen-bond donors (Lipinski definition) is 0. The zero-order valence-corrected chi connectivity index (χ0v) is 29.0. The SMILES string of the molecule is c1ccc(-c2nc(-c3ccccc3-c3ccccc3)nc(-n3c4ccccc4c4cc5c6c(cccc6c43)c3cccc4c6ccccc6n5c34)n2)cc1. The molecule has 0 spiro atoms. The van der Waals surface area contributed by atoms with Gasteiger partial charge in [0, 0.05) is 48.8 Å². The molecule has 0 radical (unpaired) electrons. The van der Waals surface area contributed by atoms with Crippen molar-refractivity contribution in [3.05, 3.63) is 176 Å². The molecule has 54 heavy (non-hydrogen) atoms. The first-order valence-electron chi connectivity index (χ1n) is 18.3. The first-order valence-corrected chi connectivity index (χ1v) is 18.3. The molecule has 12 rings (SSSR count). The molecule has 0 aliphatic carbocycles. The van der Waals surface area contributed by atoms with Gasteiger partial charge in [-0.15, -0.1) is 0 Å². The number of para-hydroxylation sites is 3. The van der Waals surface area contributed by atoms with Gasteiger partial charge in [-0.25, -0.2) is 4.98 Å². The van der Waals surface area contributed by atoms with Crippen LogP contribution in [0, 0.1) is 0 Å². The lowest BCUT2D eigenvalue weighted by atomic mass is 9.97. The highest BCUT2D eigenvalue weighted by Gasteiger charge is 2.24. The number of aromatic nitrogens is 5. The molecule has 0 saturated carbocycles. The van der Waals surface area contributed by atoms with E-state index in [2.05, 4.69) is 161 Å². The van der Waals surface area contributed by atoms with Crippen LogP contribution in [0.5, 0.6) is 0 Å². The quantitative estimate of drug-likeness (QED) is 0.137. The summed E-state index contributed by atoms with van der Waals surface area (Å²) >= 11 is 0. The second-order valence-electron chi connectivity index (χ2n) is 14.0. The fourth-order valence-corrected chi connectivity index (χ4v) is 8.85. The Balaban J connectivity index is 1.24. The molecule has 0 saturated heterocycles. The van der Waals surface area contributed by atoms with Crippen molar-refractivity contribution < 1.29 is 0 Å². The third kappa shape index (κ3) is 4.01. The van der Waals surface area contributed by atoms with Gasteiger partial charge in [-0.3, -0.25) is 4.57 Å². The van der Waals surface area contributed by atoms with Crippen LogP contribution in [0.1, 0.15) is 0 Å². The summed E-state index contributed by atoms with van der Waals surface area (Å²) in [7, 11) is 0. The van der Waals surface area contributed by atoms with E-state index in [0.717, 1.165) is 49.4 Å². The Morgan fingerprint density at radius 3 is 1.67 bits per heavy atom. The highest BCUT2D eigenvalue weighted by atomic mass is 15.2. The van der Waals surface area contributed by atoms with Gasteiger partial charge < -0.3 is 4.40 Å². The summed E-state index contributed by atoms with van der Waals surface area (Å²) in [5.41, 5.74) is 9.86. The highest BCUT2D eigenvalue weighted by molar-refractivity contribution is 6.32. The van der Waals surface area contributed by atoms with Crippen LogP contribution >= 0.6 is 0 Å². The van der Waals surface area contributed by atoms with E-state index in [1.165, 1.54) is 43.5 Å². The second-order valence-corrected chi connectivity index (χ2v) is 14.0. The Hall–Kier alpha value is -7.37. The molecular formula is C49H29N5. The van der Waals surface area contributed by atoms with Crippen LogP contribution in [-0.4, -0.2) is 23.9 Å². The van der Waals surface area contributed by atoms with Crippen molar-refractivity contribution >= 4 is 70.7 Å². The minimum absolute atomic E-state index is 0.582. The number of hydrogen-bond acceptors (Lipinski definition) is 3. The largest absolute Gasteiger partial charge is 0.308 e. The fourth-order valence-electron chi connectivity index (χ4n) is 8.85. The second kappa shape index (κ2) is 11.1. The summed E-state index contributed by atoms with van der Waals surface area (Å²) in [5.74, 6) is 1.84. The number of fused-ring (bicyclic) bond motifs is 9. The van der Waals surface area contributed by atoms with Crippen LogP contribution in [0.4, 0.5) is 0 Å². The van der Waals surface area contributed by atoms with Crippen LogP contribution in [-0.2, 0) is 0 Å². The van der Waals surface area contributed by atoms with Crippen LogP contribution in [0.15, 0.2) is 176 Å². The summed E-state index contributed by atoms with van der Waals surface area (Å²) in [6.07, 6.45) is 0.